The molecule has 1 fully saturated rings. The molecule has 1 heterocycles. The van der Waals surface area contributed by atoms with Gasteiger partial charge in [0.25, 0.3) is 5.91 Å². The molecule has 1 atom stereocenters. The Labute approximate surface area is 116 Å². The largest absolute Gasteiger partial charge is 0.465 e. The molecule has 0 radical (unpaired) electrons. The molecule has 0 bridgehead atoms. The van der Waals surface area contributed by atoms with E-state index in [-0.39, 0.29) is 13.2 Å². The van der Waals surface area contributed by atoms with E-state index in [1.807, 2.05) is 0 Å². The van der Waals surface area contributed by atoms with Crippen molar-refractivity contribution in [1.82, 2.24) is 15.5 Å². The van der Waals surface area contributed by atoms with E-state index in [1.54, 1.807) is 20.8 Å². The fourth-order valence-corrected chi connectivity index (χ4v) is 1.71. The molecule has 4 amide bonds. The van der Waals surface area contributed by atoms with E-state index in [0.29, 0.717) is 6.42 Å². The van der Waals surface area contributed by atoms with E-state index in [9.17, 15) is 19.2 Å². The number of nitrogens with zero attached hydrogens (tertiary/aromatic N) is 1. The zero-order valence-corrected chi connectivity index (χ0v) is 11.8. The van der Waals surface area contributed by atoms with Gasteiger partial charge < -0.3 is 15.4 Å². The van der Waals surface area contributed by atoms with Crippen LogP contribution in [0.4, 0.5) is 4.79 Å². The van der Waals surface area contributed by atoms with Gasteiger partial charge in [0, 0.05) is 0 Å². The van der Waals surface area contributed by atoms with E-state index in [4.69, 9.17) is 0 Å². The number of nitrogens with one attached hydrogen (secondary N) is 2. The molecule has 20 heavy (non-hydrogen) atoms. The van der Waals surface area contributed by atoms with Gasteiger partial charge in [-0.15, -0.1) is 0 Å². The predicted octanol–water partition coefficient (Wildman–Crippen LogP) is -0.614. The molecule has 0 spiro atoms. The zero-order chi connectivity index (χ0) is 15.3. The van der Waals surface area contributed by atoms with Gasteiger partial charge in [0.15, 0.2) is 0 Å². The minimum Gasteiger partial charge on any atom is -0.465 e. The number of imide groups is 1. The molecule has 112 valence electrons. The van der Waals surface area contributed by atoms with Crippen molar-refractivity contribution in [3.05, 3.63) is 0 Å². The highest BCUT2D eigenvalue weighted by atomic mass is 16.5. The van der Waals surface area contributed by atoms with Gasteiger partial charge in [-0.1, -0.05) is 6.92 Å². The predicted molar refractivity (Wildman–Crippen MR) is 68.6 cm³/mol. The Morgan fingerprint density at radius 2 is 2.00 bits per heavy atom. The first-order valence-electron chi connectivity index (χ1n) is 6.40. The highest BCUT2D eigenvalue weighted by Crippen LogP contribution is 2.20. The Morgan fingerprint density at radius 3 is 2.50 bits per heavy atom. The van der Waals surface area contributed by atoms with Crippen LogP contribution in [0.25, 0.3) is 0 Å². The topological polar surface area (TPSA) is 105 Å². The Hall–Kier alpha value is -2.12. The Morgan fingerprint density at radius 1 is 1.35 bits per heavy atom. The summed E-state index contributed by atoms with van der Waals surface area (Å²) in [5.74, 6) is -1.62. The van der Waals surface area contributed by atoms with Crippen LogP contribution in [-0.2, 0) is 19.1 Å². The van der Waals surface area contributed by atoms with Crippen LogP contribution in [-0.4, -0.2) is 54.0 Å². The third kappa shape index (κ3) is 3.46. The maximum absolute atomic E-state index is 12.0. The number of amides is 4. The highest BCUT2D eigenvalue weighted by molar-refractivity contribution is 6.08. The number of carbonyl (C=O) groups is 4. The highest BCUT2D eigenvalue weighted by Gasteiger charge is 2.46. The number of hydrogen-bond acceptors (Lipinski definition) is 5. The summed E-state index contributed by atoms with van der Waals surface area (Å²) in [5.41, 5.74) is -0.974. The molecule has 2 N–H and O–H groups in total. The van der Waals surface area contributed by atoms with E-state index in [2.05, 4.69) is 15.4 Å². The molecule has 0 aliphatic carbocycles. The minimum absolute atomic E-state index is 0.219. The summed E-state index contributed by atoms with van der Waals surface area (Å²) < 4.78 is 4.64. The Balaban J connectivity index is 2.52. The molecule has 0 aromatic heterocycles. The first kappa shape index (κ1) is 15.9. The van der Waals surface area contributed by atoms with E-state index in [0.717, 1.165) is 4.90 Å². The molecule has 1 rings (SSSR count). The summed E-state index contributed by atoms with van der Waals surface area (Å²) in [6.07, 6.45) is 0.429. The van der Waals surface area contributed by atoms with Gasteiger partial charge in [0.05, 0.1) is 6.61 Å². The average Bonchev–Trinajstić information content (AvgIpc) is 2.61. The summed E-state index contributed by atoms with van der Waals surface area (Å²) in [6, 6.07) is -0.606. The maximum atomic E-state index is 12.0. The molecule has 1 aliphatic heterocycles. The van der Waals surface area contributed by atoms with Crippen molar-refractivity contribution in [2.45, 2.75) is 32.7 Å². The molecule has 0 aromatic rings. The number of urea groups is 1. The van der Waals surface area contributed by atoms with Gasteiger partial charge in [0.1, 0.15) is 18.6 Å². The third-order valence-electron chi connectivity index (χ3n) is 3.09. The molecule has 1 unspecified atom stereocenters. The second-order valence-corrected chi connectivity index (χ2v) is 4.59. The number of esters is 1. The lowest BCUT2D eigenvalue weighted by Gasteiger charge is -2.19. The van der Waals surface area contributed by atoms with Crippen LogP contribution >= 0.6 is 0 Å². The molecule has 0 saturated carbocycles. The van der Waals surface area contributed by atoms with Crippen LogP contribution in [0, 0.1) is 0 Å². The van der Waals surface area contributed by atoms with Gasteiger partial charge in [-0.3, -0.25) is 19.3 Å². The van der Waals surface area contributed by atoms with Gasteiger partial charge in [-0.2, -0.15) is 0 Å². The third-order valence-corrected chi connectivity index (χ3v) is 3.09. The van der Waals surface area contributed by atoms with E-state index in [1.165, 1.54) is 0 Å². The fraction of sp³-hybridized carbons (Fsp3) is 0.667. The van der Waals surface area contributed by atoms with Crippen LogP contribution in [0.3, 0.4) is 0 Å². The molecule has 8 nitrogen and oxygen atoms in total. The molecular weight excluding hydrogens is 266 g/mol. The Kier molecular flexibility index (Phi) is 5.06. The van der Waals surface area contributed by atoms with Crippen molar-refractivity contribution in [1.29, 1.82) is 0 Å². The lowest BCUT2D eigenvalue weighted by Crippen LogP contribution is -2.45. The summed E-state index contributed by atoms with van der Waals surface area (Å²) in [4.78, 5) is 47.2. The van der Waals surface area contributed by atoms with E-state index >= 15 is 0 Å². The lowest BCUT2D eigenvalue weighted by atomic mass is 9.99. The van der Waals surface area contributed by atoms with Gasteiger partial charge in [-0.05, 0) is 20.3 Å². The van der Waals surface area contributed by atoms with E-state index < -0.39 is 35.9 Å². The number of rotatable bonds is 6. The number of carbonyl (C=O) groups excluding carboxylic acids is 4. The normalized spacial score (nSPS) is 21.6. The van der Waals surface area contributed by atoms with Crippen molar-refractivity contribution in [2.75, 3.05) is 19.7 Å². The summed E-state index contributed by atoms with van der Waals surface area (Å²) in [7, 11) is 0. The smallest absolute Gasteiger partial charge is 0.325 e. The summed E-state index contributed by atoms with van der Waals surface area (Å²) in [6.45, 7) is 4.53. The number of ether oxygens (including phenoxy) is 1. The molecule has 8 heteroatoms. The average molecular weight is 285 g/mol. The fourth-order valence-electron chi connectivity index (χ4n) is 1.71. The Bertz CT molecular complexity index is 437. The van der Waals surface area contributed by atoms with Crippen LogP contribution < -0.4 is 10.6 Å². The monoisotopic (exact) mass is 285 g/mol. The lowest BCUT2D eigenvalue weighted by molar-refractivity contribution is -0.143. The number of hydrogen-bond donors (Lipinski definition) is 2. The van der Waals surface area contributed by atoms with Crippen molar-refractivity contribution >= 4 is 23.8 Å². The second kappa shape index (κ2) is 6.36. The van der Waals surface area contributed by atoms with Gasteiger partial charge in [-0.25, -0.2) is 4.79 Å². The van der Waals surface area contributed by atoms with Crippen LogP contribution in [0.15, 0.2) is 0 Å². The molecule has 1 aliphatic rings. The standard InChI is InChI=1S/C12H19N3O5/c1-4-12(3)10(18)15(11(19)14-12)7-8(16)13-6-9(17)20-5-2/h4-7H2,1-3H3,(H,13,16)(H,14,19). The first-order valence-corrected chi connectivity index (χ1v) is 6.40. The second-order valence-electron chi connectivity index (χ2n) is 4.59. The van der Waals surface area contributed by atoms with Crippen molar-refractivity contribution in [3.63, 3.8) is 0 Å². The van der Waals surface area contributed by atoms with Crippen molar-refractivity contribution < 1.29 is 23.9 Å². The zero-order valence-electron chi connectivity index (χ0n) is 11.8. The maximum Gasteiger partial charge on any atom is 0.325 e. The molecule has 1 saturated heterocycles. The van der Waals surface area contributed by atoms with Gasteiger partial charge in [0.2, 0.25) is 5.91 Å². The first-order chi connectivity index (χ1) is 9.34. The minimum atomic E-state index is -0.974. The molecular formula is C12H19N3O5. The van der Waals surface area contributed by atoms with Crippen LogP contribution in [0.1, 0.15) is 27.2 Å². The summed E-state index contributed by atoms with van der Waals surface area (Å²) >= 11 is 0. The van der Waals surface area contributed by atoms with Gasteiger partial charge >= 0.3 is 12.0 Å². The van der Waals surface area contributed by atoms with Crippen molar-refractivity contribution in [2.24, 2.45) is 0 Å². The quantitative estimate of drug-likeness (QED) is 0.500. The van der Waals surface area contributed by atoms with Crippen LogP contribution in [0.5, 0.6) is 0 Å². The molecule has 0 aromatic carbocycles. The summed E-state index contributed by atoms with van der Waals surface area (Å²) in [5, 5.41) is 4.83. The van der Waals surface area contributed by atoms with Crippen molar-refractivity contribution in [3.8, 4) is 0 Å². The SMILES string of the molecule is CCOC(=O)CNC(=O)CN1C(=O)NC(C)(CC)C1=O. The van der Waals surface area contributed by atoms with Crippen LogP contribution in [0.2, 0.25) is 0 Å².